The number of hydrogen-bond acceptors (Lipinski definition) is 10. The van der Waals surface area contributed by atoms with Gasteiger partial charge in [-0.15, -0.1) is 0 Å². The number of benzene rings is 2. The number of halogens is 2. The normalized spacial score (nSPS) is 14.2. The second kappa shape index (κ2) is 16.6. The van der Waals surface area contributed by atoms with Gasteiger partial charge in [-0.05, 0) is 62.2 Å². The van der Waals surface area contributed by atoms with Gasteiger partial charge in [0.15, 0.2) is 23.0 Å². The highest BCUT2D eigenvalue weighted by Crippen LogP contribution is 2.32. The lowest BCUT2D eigenvalue weighted by atomic mass is 10.1. The molecule has 0 bridgehead atoms. The van der Waals surface area contributed by atoms with Gasteiger partial charge in [0, 0.05) is 55.4 Å². The van der Waals surface area contributed by atoms with E-state index in [1.807, 2.05) is 0 Å². The van der Waals surface area contributed by atoms with Crippen LogP contribution < -0.4 is 26.8 Å². The Bertz CT molecular complexity index is 1960. The van der Waals surface area contributed by atoms with E-state index in [1.54, 1.807) is 40.6 Å². The van der Waals surface area contributed by atoms with Crippen LogP contribution in [0, 0.1) is 18.6 Å². The highest BCUT2D eigenvalue weighted by Gasteiger charge is 2.33. The molecular formula is C35H41F2N9O6. The summed E-state index contributed by atoms with van der Waals surface area (Å²) in [5.74, 6) is -4.72. The van der Waals surface area contributed by atoms with Crippen LogP contribution in [0.15, 0.2) is 48.9 Å². The second-order valence-corrected chi connectivity index (χ2v) is 12.4. The van der Waals surface area contributed by atoms with Crippen molar-refractivity contribution in [3.63, 3.8) is 0 Å². The molecule has 2 aromatic carbocycles. The van der Waals surface area contributed by atoms with Crippen molar-refractivity contribution in [3.8, 4) is 17.0 Å². The molecule has 1 aliphatic rings. The zero-order valence-electron chi connectivity index (χ0n) is 28.8. The molecule has 15 nitrogen and oxygen atoms in total. The Morgan fingerprint density at radius 1 is 1.02 bits per heavy atom. The number of aliphatic carboxylic acids is 1. The lowest BCUT2D eigenvalue weighted by Crippen LogP contribution is -2.57. The van der Waals surface area contributed by atoms with Crippen molar-refractivity contribution in [2.75, 3.05) is 45.2 Å². The van der Waals surface area contributed by atoms with Crippen molar-refractivity contribution >= 4 is 40.8 Å². The van der Waals surface area contributed by atoms with Crippen LogP contribution in [0.2, 0.25) is 0 Å². The van der Waals surface area contributed by atoms with Crippen LogP contribution in [0.25, 0.3) is 16.9 Å². The standard InChI is InChI=1S/C35H41F2N9O6/c1-20-17-21(42-31-32-41-19-26(46(32)12-11-40-31)23-8-9-27(52-2)30(37)29(23)36)6-7-22(20)34(50)44-13-15-45(16-14-44)35(51)25(18-28(47)48)43-33(49)24(39)5-3-4-10-38/h6-9,11-12,17,19,24-25H,3-5,10,13-16,18,38-39H2,1-2H3,(H,40,42)(H,43,49)(H,47,48)/t24-,25?/m0/s1. The first-order valence-electron chi connectivity index (χ1n) is 16.7. The number of carbonyl (C=O) groups excluding carboxylic acids is 3. The first kappa shape index (κ1) is 37.6. The van der Waals surface area contributed by atoms with Crippen molar-refractivity contribution < 1.29 is 37.8 Å². The minimum Gasteiger partial charge on any atom is -0.494 e. The molecule has 1 saturated heterocycles. The summed E-state index contributed by atoms with van der Waals surface area (Å²) in [6.07, 6.45) is 5.53. The van der Waals surface area contributed by atoms with Crippen molar-refractivity contribution in [2.24, 2.45) is 11.5 Å². The van der Waals surface area contributed by atoms with E-state index in [9.17, 15) is 33.1 Å². The zero-order chi connectivity index (χ0) is 37.5. The van der Waals surface area contributed by atoms with E-state index >= 15 is 0 Å². The van der Waals surface area contributed by atoms with Crippen LogP contribution in [0.4, 0.5) is 20.3 Å². The number of imidazole rings is 1. The zero-order valence-corrected chi connectivity index (χ0v) is 28.8. The second-order valence-electron chi connectivity index (χ2n) is 12.4. The average molecular weight is 722 g/mol. The largest absolute Gasteiger partial charge is 0.494 e. The predicted molar refractivity (Wildman–Crippen MR) is 187 cm³/mol. The van der Waals surface area contributed by atoms with Gasteiger partial charge in [0.2, 0.25) is 17.6 Å². The predicted octanol–water partition coefficient (Wildman–Crippen LogP) is 2.44. The number of ether oxygens (including phenoxy) is 1. The summed E-state index contributed by atoms with van der Waals surface area (Å²) in [6, 6.07) is 5.68. The number of piperazine rings is 1. The fourth-order valence-electron chi connectivity index (χ4n) is 6.03. The molecule has 0 radical (unpaired) electrons. The minimum absolute atomic E-state index is 0.00634. The third-order valence-electron chi connectivity index (χ3n) is 8.87. The molecule has 2 aromatic heterocycles. The van der Waals surface area contributed by atoms with Gasteiger partial charge in [0.1, 0.15) is 6.04 Å². The van der Waals surface area contributed by atoms with Gasteiger partial charge < -0.3 is 41.7 Å². The Hall–Kier alpha value is -5.68. The number of aryl methyl sites for hydroxylation is 1. The Morgan fingerprint density at radius 2 is 1.75 bits per heavy atom. The van der Waals surface area contributed by atoms with Gasteiger partial charge in [-0.1, -0.05) is 6.42 Å². The van der Waals surface area contributed by atoms with Gasteiger partial charge in [0.05, 0.1) is 31.5 Å². The highest BCUT2D eigenvalue weighted by molar-refractivity contribution is 5.97. The molecule has 5 rings (SSSR count). The van der Waals surface area contributed by atoms with E-state index in [1.165, 1.54) is 36.5 Å². The van der Waals surface area contributed by atoms with Crippen LogP contribution in [-0.2, 0) is 14.4 Å². The minimum atomic E-state index is -1.30. The topological polar surface area (TPSA) is 211 Å². The highest BCUT2D eigenvalue weighted by atomic mass is 19.2. The summed E-state index contributed by atoms with van der Waals surface area (Å²) in [5.41, 5.74) is 13.8. The van der Waals surface area contributed by atoms with Crippen molar-refractivity contribution in [2.45, 2.75) is 44.7 Å². The molecule has 7 N–H and O–H groups in total. The molecule has 276 valence electrons. The Labute approximate surface area is 297 Å². The lowest BCUT2D eigenvalue weighted by Gasteiger charge is -2.36. The number of fused-ring (bicyclic) bond motifs is 1. The lowest BCUT2D eigenvalue weighted by molar-refractivity contribution is -0.144. The van der Waals surface area contributed by atoms with E-state index in [0.29, 0.717) is 59.8 Å². The summed E-state index contributed by atoms with van der Waals surface area (Å²) < 4.78 is 35.8. The molecule has 1 fully saturated rings. The monoisotopic (exact) mass is 721 g/mol. The smallest absolute Gasteiger partial charge is 0.305 e. The van der Waals surface area contributed by atoms with Gasteiger partial charge >= 0.3 is 5.97 Å². The van der Waals surface area contributed by atoms with Gasteiger partial charge in [0.25, 0.3) is 5.91 Å². The van der Waals surface area contributed by atoms with Gasteiger partial charge in [-0.3, -0.25) is 23.6 Å². The summed E-state index contributed by atoms with van der Waals surface area (Å²) in [5, 5.41) is 15.1. The Morgan fingerprint density at radius 3 is 2.42 bits per heavy atom. The van der Waals surface area contributed by atoms with Crippen molar-refractivity contribution in [1.29, 1.82) is 0 Å². The maximum Gasteiger partial charge on any atom is 0.305 e. The average Bonchev–Trinajstić information content (AvgIpc) is 3.57. The van der Waals surface area contributed by atoms with E-state index in [0.717, 1.165) is 0 Å². The number of carboxylic acids is 1. The van der Waals surface area contributed by atoms with Crippen LogP contribution in [0.3, 0.4) is 0 Å². The molecule has 0 spiro atoms. The first-order valence-corrected chi connectivity index (χ1v) is 16.7. The number of hydrogen-bond donors (Lipinski definition) is 5. The number of carbonyl (C=O) groups is 4. The number of amides is 3. The number of methoxy groups -OCH3 is 1. The maximum atomic E-state index is 14.9. The van der Waals surface area contributed by atoms with E-state index < -0.39 is 47.9 Å². The summed E-state index contributed by atoms with van der Waals surface area (Å²) in [4.78, 5) is 62.7. The number of anilines is 2. The van der Waals surface area contributed by atoms with E-state index in [4.69, 9.17) is 16.2 Å². The van der Waals surface area contributed by atoms with E-state index in [-0.39, 0.29) is 43.4 Å². The van der Waals surface area contributed by atoms with Crippen LogP contribution in [-0.4, -0.2) is 105 Å². The number of nitrogens with zero attached hydrogens (tertiary/aromatic N) is 5. The molecule has 1 unspecified atom stereocenters. The fourth-order valence-corrected chi connectivity index (χ4v) is 6.03. The number of rotatable bonds is 14. The Balaban J connectivity index is 1.22. The van der Waals surface area contributed by atoms with Crippen LogP contribution in [0.1, 0.15) is 41.6 Å². The van der Waals surface area contributed by atoms with Gasteiger partial charge in [-0.25, -0.2) is 14.4 Å². The number of aromatic nitrogens is 3. The number of nitrogens with one attached hydrogen (secondary N) is 2. The molecule has 3 heterocycles. The summed E-state index contributed by atoms with van der Waals surface area (Å²) in [7, 11) is 1.25. The third kappa shape index (κ3) is 8.26. The molecule has 4 aromatic rings. The van der Waals surface area contributed by atoms with Crippen molar-refractivity contribution in [1.82, 2.24) is 29.5 Å². The summed E-state index contributed by atoms with van der Waals surface area (Å²) >= 11 is 0. The van der Waals surface area contributed by atoms with Crippen LogP contribution >= 0.6 is 0 Å². The Kier molecular flexibility index (Phi) is 12.0. The fraction of sp³-hybridized carbons (Fsp3) is 0.371. The molecule has 3 amide bonds. The molecular weight excluding hydrogens is 680 g/mol. The molecule has 2 atom stereocenters. The van der Waals surface area contributed by atoms with E-state index in [2.05, 4.69) is 20.6 Å². The van der Waals surface area contributed by atoms with Gasteiger partial charge in [-0.2, -0.15) is 4.39 Å². The number of nitrogens with two attached hydrogens (primary N) is 2. The van der Waals surface area contributed by atoms with Crippen LogP contribution in [0.5, 0.6) is 5.75 Å². The third-order valence-corrected chi connectivity index (χ3v) is 8.87. The maximum absolute atomic E-state index is 14.9. The number of unbranched alkanes of at least 4 members (excludes halogenated alkanes) is 1. The quantitative estimate of drug-likeness (QED) is 0.119. The number of carboxylic acid groups (broad SMARTS) is 1. The summed E-state index contributed by atoms with van der Waals surface area (Å²) in [6.45, 7) is 2.92. The SMILES string of the molecule is COc1ccc(-c2cnc3c(Nc4ccc(C(=O)N5CCN(C(=O)C(CC(=O)O)NC(=O)[C@@H](N)CCCCN)CC5)c(C)c4)nccn23)c(F)c1F. The molecule has 52 heavy (non-hydrogen) atoms. The molecule has 0 saturated carbocycles. The molecule has 1 aliphatic heterocycles. The molecule has 0 aliphatic carbocycles. The first-order chi connectivity index (χ1) is 24.9. The molecule has 17 heteroatoms. The van der Waals surface area contributed by atoms with Crippen molar-refractivity contribution in [3.05, 3.63) is 71.7 Å².